The molecule has 16 heavy (non-hydrogen) atoms. The zero-order valence-electron chi connectivity index (χ0n) is 9.24. The topological polar surface area (TPSA) is 53.1 Å². The van der Waals surface area contributed by atoms with E-state index in [4.69, 9.17) is 0 Å². The number of hydrogen-bond donors (Lipinski definition) is 2. The van der Waals surface area contributed by atoms with E-state index in [9.17, 15) is 9.90 Å². The van der Waals surface area contributed by atoms with Crippen LogP contribution in [0.1, 0.15) is 11.1 Å². The number of hydrogen-bond acceptors (Lipinski definition) is 2. The van der Waals surface area contributed by atoms with Crippen molar-refractivity contribution < 1.29 is 5.11 Å². The molecule has 3 nitrogen and oxygen atoms in total. The van der Waals surface area contributed by atoms with Gasteiger partial charge in [0.25, 0.3) is 5.56 Å². The Morgan fingerprint density at radius 1 is 1.06 bits per heavy atom. The van der Waals surface area contributed by atoms with Gasteiger partial charge in [-0.2, -0.15) is 0 Å². The minimum Gasteiger partial charge on any atom is -0.507 e. The number of aromatic hydroxyl groups is 1. The van der Waals surface area contributed by atoms with Gasteiger partial charge in [-0.15, -0.1) is 0 Å². The van der Waals surface area contributed by atoms with Gasteiger partial charge in [0.15, 0.2) is 0 Å². The van der Waals surface area contributed by atoms with Gasteiger partial charge in [-0.1, -0.05) is 30.3 Å². The molecular weight excluding hydrogens is 202 g/mol. The standard InChI is InChI=1S/C13H13NO2/c1-8-11(10-6-4-3-5-7-10)14-13(16)9(2)12(8)15/h3-7H,1-2H3,(H2,14,15,16). The van der Waals surface area contributed by atoms with Crippen LogP contribution in [-0.4, -0.2) is 10.1 Å². The van der Waals surface area contributed by atoms with Gasteiger partial charge in [0.05, 0.1) is 11.3 Å². The van der Waals surface area contributed by atoms with Crippen LogP contribution in [0, 0.1) is 13.8 Å². The molecule has 0 bridgehead atoms. The molecule has 2 N–H and O–H groups in total. The summed E-state index contributed by atoms with van der Waals surface area (Å²) in [5, 5.41) is 9.81. The number of H-pyrrole nitrogens is 1. The van der Waals surface area contributed by atoms with E-state index in [0.717, 1.165) is 5.56 Å². The van der Waals surface area contributed by atoms with Gasteiger partial charge < -0.3 is 10.1 Å². The highest BCUT2D eigenvalue weighted by Gasteiger charge is 2.11. The molecule has 0 fully saturated rings. The van der Waals surface area contributed by atoms with Crippen molar-refractivity contribution in [3.8, 4) is 17.0 Å². The molecule has 3 heteroatoms. The highest BCUT2D eigenvalue weighted by molar-refractivity contribution is 5.66. The van der Waals surface area contributed by atoms with Crippen molar-refractivity contribution in [1.29, 1.82) is 0 Å². The zero-order valence-corrected chi connectivity index (χ0v) is 9.24. The lowest BCUT2D eigenvalue weighted by Gasteiger charge is -2.09. The molecule has 1 aromatic carbocycles. The molecule has 0 aliphatic heterocycles. The third-order valence-electron chi connectivity index (χ3n) is 2.73. The molecule has 2 aromatic rings. The van der Waals surface area contributed by atoms with Crippen LogP contribution in [0.3, 0.4) is 0 Å². The lowest BCUT2D eigenvalue weighted by Crippen LogP contribution is -2.11. The summed E-state index contributed by atoms with van der Waals surface area (Å²) in [4.78, 5) is 14.4. The number of rotatable bonds is 1. The summed E-state index contributed by atoms with van der Waals surface area (Å²) < 4.78 is 0. The van der Waals surface area contributed by atoms with Gasteiger partial charge in [0.1, 0.15) is 5.75 Å². The van der Waals surface area contributed by atoms with Gasteiger partial charge in [0.2, 0.25) is 0 Å². The summed E-state index contributed by atoms with van der Waals surface area (Å²) in [6.45, 7) is 3.40. The average Bonchev–Trinajstić information content (AvgIpc) is 2.32. The van der Waals surface area contributed by atoms with Crippen molar-refractivity contribution in [3.05, 3.63) is 51.8 Å². The Kier molecular flexibility index (Phi) is 2.52. The Bertz CT molecular complexity index is 570. The number of pyridine rings is 1. The first-order chi connectivity index (χ1) is 7.61. The van der Waals surface area contributed by atoms with Crippen LogP contribution in [-0.2, 0) is 0 Å². The van der Waals surface area contributed by atoms with Crippen LogP contribution in [0.15, 0.2) is 35.1 Å². The Morgan fingerprint density at radius 3 is 2.31 bits per heavy atom. The van der Waals surface area contributed by atoms with Gasteiger partial charge in [0, 0.05) is 5.56 Å². The predicted octanol–water partition coefficient (Wildman–Crippen LogP) is 2.36. The summed E-state index contributed by atoms with van der Waals surface area (Å²) in [6.07, 6.45) is 0. The van der Waals surface area contributed by atoms with Crippen LogP contribution in [0.4, 0.5) is 0 Å². The number of aromatic amines is 1. The molecule has 0 saturated carbocycles. The van der Waals surface area contributed by atoms with Crippen molar-refractivity contribution in [2.45, 2.75) is 13.8 Å². The SMILES string of the molecule is Cc1c(-c2ccccc2)[nH]c(=O)c(C)c1O. The van der Waals surface area contributed by atoms with Crippen molar-refractivity contribution >= 4 is 0 Å². The lowest BCUT2D eigenvalue weighted by atomic mass is 10.0. The van der Waals surface area contributed by atoms with Crippen LogP contribution in [0.5, 0.6) is 5.75 Å². The maximum atomic E-state index is 11.6. The van der Waals surface area contributed by atoms with Gasteiger partial charge in [-0.3, -0.25) is 4.79 Å². The second-order valence-electron chi connectivity index (χ2n) is 3.79. The van der Waals surface area contributed by atoms with Crippen LogP contribution in [0.25, 0.3) is 11.3 Å². The zero-order chi connectivity index (χ0) is 11.7. The Balaban J connectivity index is 2.73. The lowest BCUT2D eigenvalue weighted by molar-refractivity contribution is 0.465. The minimum atomic E-state index is -0.248. The number of benzene rings is 1. The first kappa shape index (κ1) is 10.5. The molecule has 2 rings (SSSR count). The molecule has 82 valence electrons. The molecule has 0 spiro atoms. The molecule has 0 saturated heterocycles. The molecular formula is C13H13NO2. The van der Waals surface area contributed by atoms with Crippen molar-refractivity contribution in [2.75, 3.05) is 0 Å². The smallest absolute Gasteiger partial charge is 0.255 e. The van der Waals surface area contributed by atoms with E-state index in [1.807, 2.05) is 30.3 Å². The monoisotopic (exact) mass is 215 g/mol. The number of aromatic nitrogens is 1. The molecule has 0 amide bonds. The Labute approximate surface area is 93.4 Å². The van der Waals surface area contributed by atoms with E-state index < -0.39 is 0 Å². The Hall–Kier alpha value is -2.03. The summed E-state index contributed by atoms with van der Waals surface area (Å²) >= 11 is 0. The van der Waals surface area contributed by atoms with Crippen molar-refractivity contribution in [3.63, 3.8) is 0 Å². The third-order valence-corrected chi connectivity index (χ3v) is 2.73. The molecule has 0 atom stereocenters. The second kappa shape index (κ2) is 3.85. The first-order valence-electron chi connectivity index (χ1n) is 5.09. The maximum absolute atomic E-state index is 11.6. The summed E-state index contributed by atoms with van der Waals surface area (Å²) in [5.41, 5.74) is 2.38. The van der Waals surface area contributed by atoms with Crippen LogP contribution < -0.4 is 5.56 Å². The van der Waals surface area contributed by atoms with E-state index in [1.165, 1.54) is 0 Å². The largest absolute Gasteiger partial charge is 0.507 e. The van der Waals surface area contributed by atoms with E-state index in [0.29, 0.717) is 16.8 Å². The third kappa shape index (κ3) is 1.60. The molecule has 0 radical (unpaired) electrons. The highest BCUT2D eigenvalue weighted by atomic mass is 16.3. The van der Waals surface area contributed by atoms with E-state index in [1.54, 1.807) is 13.8 Å². The fourth-order valence-electron chi connectivity index (χ4n) is 1.70. The van der Waals surface area contributed by atoms with Crippen molar-refractivity contribution in [2.24, 2.45) is 0 Å². The second-order valence-corrected chi connectivity index (χ2v) is 3.79. The predicted molar refractivity (Wildman–Crippen MR) is 63.6 cm³/mol. The maximum Gasteiger partial charge on any atom is 0.255 e. The summed E-state index contributed by atoms with van der Waals surface area (Å²) in [5.74, 6) is 0.0719. The van der Waals surface area contributed by atoms with Crippen LogP contribution >= 0.6 is 0 Å². The Morgan fingerprint density at radius 2 is 1.69 bits per heavy atom. The normalized spacial score (nSPS) is 10.4. The number of nitrogens with one attached hydrogen (secondary N) is 1. The molecule has 1 aromatic heterocycles. The minimum absolute atomic E-state index is 0.0719. The average molecular weight is 215 g/mol. The summed E-state index contributed by atoms with van der Waals surface area (Å²) in [6, 6.07) is 9.49. The molecule has 0 aliphatic rings. The quantitative estimate of drug-likeness (QED) is 0.767. The molecule has 1 heterocycles. The molecule has 0 unspecified atom stereocenters. The van der Waals surface area contributed by atoms with Gasteiger partial charge >= 0.3 is 0 Å². The van der Waals surface area contributed by atoms with E-state index in [2.05, 4.69) is 4.98 Å². The molecule has 0 aliphatic carbocycles. The van der Waals surface area contributed by atoms with E-state index >= 15 is 0 Å². The van der Waals surface area contributed by atoms with Crippen LogP contribution in [0.2, 0.25) is 0 Å². The fourth-order valence-corrected chi connectivity index (χ4v) is 1.70. The first-order valence-corrected chi connectivity index (χ1v) is 5.09. The van der Waals surface area contributed by atoms with Gasteiger partial charge in [-0.05, 0) is 19.4 Å². The van der Waals surface area contributed by atoms with Gasteiger partial charge in [-0.25, -0.2) is 0 Å². The van der Waals surface area contributed by atoms with E-state index in [-0.39, 0.29) is 11.3 Å². The fraction of sp³-hybridized carbons (Fsp3) is 0.154. The highest BCUT2D eigenvalue weighted by Crippen LogP contribution is 2.27. The van der Waals surface area contributed by atoms with Crippen molar-refractivity contribution in [1.82, 2.24) is 4.98 Å². The summed E-state index contributed by atoms with van der Waals surface area (Å²) in [7, 11) is 0.